The first kappa shape index (κ1) is 17.9. The van der Waals surface area contributed by atoms with E-state index in [0.29, 0.717) is 0 Å². The van der Waals surface area contributed by atoms with Gasteiger partial charge in [0, 0.05) is 0 Å². The van der Waals surface area contributed by atoms with Gasteiger partial charge in [-0.15, -0.1) is 0 Å². The summed E-state index contributed by atoms with van der Waals surface area (Å²) in [6.07, 6.45) is 0.253. The second-order valence-electron chi connectivity index (χ2n) is 4.83. The Kier molecular flexibility index (Phi) is 5.86. The second kappa shape index (κ2) is 7.87. The van der Waals surface area contributed by atoms with E-state index in [4.69, 9.17) is 4.74 Å². The van der Waals surface area contributed by atoms with Crippen molar-refractivity contribution in [2.45, 2.75) is 12.6 Å². The molecule has 1 N–H and O–H groups in total. The second-order valence-corrected chi connectivity index (χ2v) is 4.83. The molecule has 128 valence electrons. The molecule has 3 nitrogen and oxygen atoms in total. The van der Waals surface area contributed by atoms with Crippen LogP contribution < -0.4 is 5.32 Å². The molecular weight excluding hydrogens is 333 g/mol. The molecule has 8 heteroatoms. The molecule has 0 fully saturated rings. The summed E-state index contributed by atoms with van der Waals surface area (Å²) in [5.74, 6) is -10.5. The Labute approximate surface area is 134 Å². The van der Waals surface area contributed by atoms with Gasteiger partial charge in [0.2, 0.25) is 5.82 Å². The fourth-order valence-corrected chi connectivity index (χ4v) is 1.91. The lowest BCUT2D eigenvalue weighted by molar-refractivity contribution is -0.109. The monoisotopic (exact) mass is 345 g/mol. The highest BCUT2D eigenvalue weighted by atomic mass is 19.2. The molecule has 0 aliphatic carbocycles. The number of rotatable bonds is 7. The van der Waals surface area contributed by atoms with Crippen LogP contribution in [0.5, 0.6) is 0 Å². The van der Waals surface area contributed by atoms with Crippen LogP contribution in [0.3, 0.4) is 0 Å². The molecule has 0 aliphatic heterocycles. The number of aldehydes is 1. The van der Waals surface area contributed by atoms with Crippen LogP contribution in [0, 0.1) is 29.1 Å². The van der Waals surface area contributed by atoms with E-state index in [1.165, 1.54) is 0 Å². The van der Waals surface area contributed by atoms with Crippen LogP contribution in [0.25, 0.3) is 0 Å². The first-order valence-electron chi connectivity index (χ1n) is 6.80. The van der Waals surface area contributed by atoms with E-state index >= 15 is 0 Å². The highest BCUT2D eigenvalue weighted by Gasteiger charge is 2.27. The molecule has 0 amide bonds. The van der Waals surface area contributed by atoms with Crippen LogP contribution in [0.2, 0.25) is 0 Å². The Morgan fingerprint density at radius 2 is 1.46 bits per heavy atom. The number of hydrogen-bond acceptors (Lipinski definition) is 3. The molecule has 0 saturated heterocycles. The van der Waals surface area contributed by atoms with Gasteiger partial charge in [-0.1, -0.05) is 30.3 Å². The summed E-state index contributed by atoms with van der Waals surface area (Å²) in [5, 5.41) is 1.97. The van der Waals surface area contributed by atoms with Crippen molar-refractivity contribution < 1.29 is 31.5 Å². The molecule has 0 heterocycles. The summed E-state index contributed by atoms with van der Waals surface area (Å²) < 4.78 is 71.5. The summed E-state index contributed by atoms with van der Waals surface area (Å²) in [6, 6.07) is 7.55. The highest BCUT2D eigenvalue weighted by Crippen LogP contribution is 2.27. The molecular formula is C16H12F5NO2. The van der Waals surface area contributed by atoms with Gasteiger partial charge < -0.3 is 14.8 Å². The summed E-state index contributed by atoms with van der Waals surface area (Å²) in [6.45, 7) is -0.206. The number of hydrogen-bond donors (Lipinski definition) is 1. The average molecular weight is 345 g/mol. The lowest BCUT2D eigenvalue weighted by Crippen LogP contribution is -2.28. The van der Waals surface area contributed by atoms with Crippen LogP contribution in [0.15, 0.2) is 30.3 Å². The Hall–Kier alpha value is -2.48. The Morgan fingerprint density at radius 1 is 0.917 bits per heavy atom. The topological polar surface area (TPSA) is 38.3 Å². The predicted octanol–water partition coefficient (Wildman–Crippen LogP) is 3.58. The normalized spacial score (nSPS) is 12.0. The zero-order chi connectivity index (χ0) is 17.7. The van der Waals surface area contributed by atoms with Crippen molar-refractivity contribution in [2.75, 3.05) is 11.9 Å². The Balaban J connectivity index is 2.07. The number of benzene rings is 2. The van der Waals surface area contributed by atoms with Gasteiger partial charge in [-0.2, -0.15) is 0 Å². The van der Waals surface area contributed by atoms with Gasteiger partial charge in [0.05, 0.1) is 13.2 Å². The minimum Gasteiger partial charge on any atom is -0.374 e. The van der Waals surface area contributed by atoms with Gasteiger partial charge in [0.1, 0.15) is 18.0 Å². The fraction of sp³-hybridized carbons (Fsp3) is 0.188. The van der Waals surface area contributed by atoms with Crippen molar-refractivity contribution in [3.8, 4) is 0 Å². The number of ether oxygens (including phenoxy) is 1. The van der Waals surface area contributed by atoms with E-state index in [1.807, 2.05) is 5.32 Å². The third-order valence-corrected chi connectivity index (χ3v) is 3.11. The zero-order valence-electron chi connectivity index (χ0n) is 12.2. The first-order chi connectivity index (χ1) is 11.5. The van der Waals surface area contributed by atoms with Crippen molar-refractivity contribution in [2.24, 2.45) is 0 Å². The molecule has 2 rings (SSSR count). The van der Waals surface area contributed by atoms with E-state index in [1.54, 1.807) is 30.3 Å². The standard InChI is InChI=1S/C16H12F5NO2/c17-11-12(18)14(20)16(15(21)13(11)19)22-10(6-23)8-24-7-9-4-2-1-3-5-9/h1-6,10,22H,7-8H2/t10-/m1/s1. The maximum Gasteiger partial charge on any atom is 0.200 e. The van der Waals surface area contributed by atoms with Crippen molar-refractivity contribution >= 4 is 12.0 Å². The van der Waals surface area contributed by atoms with Crippen LogP contribution in [0.4, 0.5) is 27.6 Å². The number of anilines is 1. The van der Waals surface area contributed by atoms with Gasteiger partial charge in [-0.05, 0) is 5.56 Å². The van der Waals surface area contributed by atoms with Crippen LogP contribution in [0.1, 0.15) is 5.56 Å². The largest absolute Gasteiger partial charge is 0.374 e. The molecule has 24 heavy (non-hydrogen) atoms. The minimum absolute atomic E-state index is 0.115. The third kappa shape index (κ3) is 3.88. The third-order valence-electron chi connectivity index (χ3n) is 3.11. The smallest absolute Gasteiger partial charge is 0.200 e. The number of nitrogens with one attached hydrogen (secondary N) is 1. The molecule has 0 aliphatic rings. The Bertz CT molecular complexity index is 695. The lowest BCUT2D eigenvalue weighted by atomic mass is 10.2. The van der Waals surface area contributed by atoms with Crippen molar-refractivity contribution in [3.63, 3.8) is 0 Å². The zero-order valence-corrected chi connectivity index (χ0v) is 12.2. The summed E-state index contributed by atoms with van der Waals surface area (Å²) >= 11 is 0. The van der Waals surface area contributed by atoms with Crippen LogP contribution >= 0.6 is 0 Å². The van der Waals surface area contributed by atoms with Gasteiger partial charge in [-0.3, -0.25) is 0 Å². The molecule has 2 aromatic carbocycles. The van der Waals surface area contributed by atoms with Gasteiger partial charge in [0.25, 0.3) is 0 Å². The van der Waals surface area contributed by atoms with Gasteiger partial charge in [0.15, 0.2) is 23.3 Å². The average Bonchev–Trinajstić information content (AvgIpc) is 2.61. The van der Waals surface area contributed by atoms with Crippen molar-refractivity contribution in [1.82, 2.24) is 0 Å². The van der Waals surface area contributed by atoms with E-state index in [0.717, 1.165) is 5.56 Å². The van der Waals surface area contributed by atoms with Crippen molar-refractivity contribution in [1.29, 1.82) is 0 Å². The van der Waals surface area contributed by atoms with E-state index in [9.17, 15) is 26.7 Å². The molecule has 0 spiro atoms. The summed E-state index contributed by atoms with van der Waals surface area (Å²) in [5.41, 5.74) is -0.481. The van der Waals surface area contributed by atoms with E-state index in [-0.39, 0.29) is 19.5 Å². The number of halogens is 5. The molecule has 0 aromatic heterocycles. The van der Waals surface area contributed by atoms with Crippen LogP contribution in [-0.2, 0) is 16.1 Å². The highest BCUT2D eigenvalue weighted by molar-refractivity contribution is 5.65. The quantitative estimate of drug-likeness (QED) is 0.361. The van der Waals surface area contributed by atoms with E-state index < -0.39 is 40.8 Å². The SMILES string of the molecule is O=C[C@H](COCc1ccccc1)Nc1c(F)c(F)c(F)c(F)c1F. The Morgan fingerprint density at radius 3 is 2.00 bits per heavy atom. The molecule has 0 saturated carbocycles. The van der Waals surface area contributed by atoms with Gasteiger partial charge in [-0.25, -0.2) is 22.0 Å². The lowest BCUT2D eigenvalue weighted by Gasteiger charge is -2.16. The number of carbonyl (C=O) groups is 1. The van der Waals surface area contributed by atoms with Crippen molar-refractivity contribution in [3.05, 3.63) is 65.0 Å². The maximum atomic E-state index is 13.5. The fourth-order valence-electron chi connectivity index (χ4n) is 1.91. The molecule has 1 atom stereocenters. The minimum atomic E-state index is -2.27. The molecule has 0 bridgehead atoms. The summed E-state index contributed by atoms with van der Waals surface area (Å²) in [7, 11) is 0. The number of carbonyl (C=O) groups excluding carboxylic acids is 1. The maximum absolute atomic E-state index is 13.5. The van der Waals surface area contributed by atoms with E-state index in [2.05, 4.69) is 0 Å². The molecule has 0 radical (unpaired) electrons. The first-order valence-corrected chi connectivity index (χ1v) is 6.80. The van der Waals surface area contributed by atoms with Gasteiger partial charge >= 0.3 is 0 Å². The van der Waals surface area contributed by atoms with Crippen LogP contribution in [-0.4, -0.2) is 18.9 Å². The predicted molar refractivity (Wildman–Crippen MR) is 75.8 cm³/mol. The molecule has 0 unspecified atom stereocenters. The molecule has 2 aromatic rings. The summed E-state index contributed by atoms with van der Waals surface area (Å²) in [4.78, 5) is 11.0.